The monoisotopic (exact) mass is 196 g/mol. The maximum atomic E-state index is 2.36. The Labute approximate surface area is 108 Å². The van der Waals surface area contributed by atoms with E-state index in [2.05, 4.69) is 13.3 Å². The van der Waals surface area contributed by atoms with Gasteiger partial charge in [0.15, 0.2) is 0 Å². The Balaban J connectivity index is 0.000000640. The molecule has 1 aliphatic carbocycles. The molecule has 1 saturated carbocycles. The van der Waals surface area contributed by atoms with E-state index in [0.29, 0.717) is 0 Å². The van der Waals surface area contributed by atoms with Gasteiger partial charge in [0.25, 0.3) is 0 Å². The molecular weight excluding hydrogens is 182 g/mol. The van der Waals surface area contributed by atoms with Crippen LogP contribution in [-0.2, 0) is 0 Å². The summed E-state index contributed by atoms with van der Waals surface area (Å²) in [4.78, 5) is 0. The van der Waals surface area contributed by atoms with Gasteiger partial charge in [-0.2, -0.15) is 12.8 Å². The Morgan fingerprint density at radius 2 is 1.67 bits per heavy atom. The first-order valence-corrected chi connectivity index (χ1v) is 3.73. The Bertz CT molecular complexity index is 55.6. The number of rotatable bonds is 1. The normalized spacial score (nSPS) is 21.0. The van der Waals surface area contributed by atoms with Gasteiger partial charge >= 0.3 is 58.2 Å². The van der Waals surface area contributed by atoms with Crippen molar-refractivity contribution in [3.8, 4) is 0 Å². The standard InChI is InChI=1S/C8H15.Rb/c1-2-8-6-4-3-5-7-8;/h2,8H,3-7H2,1H3;/q-1;+1. The average Bonchev–Trinajstić information content (AvgIpc) is 1.90. The fourth-order valence-corrected chi connectivity index (χ4v) is 1.47. The molecule has 1 fully saturated rings. The second-order valence-corrected chi connectivity index (χ2v) is 2.73. The van der Waals surface area contributed by atoms with Crippen molar-refractivity contribution in [1.82, 2.24) is 0 Å². The van der Waals surface area contributed by atoms with Gasteiger partial charge in [0, 0.05) is 0 Å². The molecule has 1 rings (SSSR count). The summed E-state index contributed by atoms with van der Waals surface area (Å²) in [5, 5.41) is 0. The third-order valence-corrected chi connectivity index (χ3v) is 2.12. The molecule has 0 radical (unpaired) electrons. The van der Waals surface area contributed by atoms with Crippen LogP contribution in [0.15, 0.2) is 0 Å². The summed E-state index contributed by atoms with van der Waals surface area (Å²) < 4.78 is 0. The van der Waals surface area contributed by atoms with Crippen molar-refractivity contribution < 1.29 is 58.2 Å². The summed E-state index contributed by atoms with van der Waals surface area (Å²) in [7, 11) is 0. The van der Waals surface area contributed by atoms with Crippen molar-refractivity contribution in [3.63, 3.8) is 0 Å². The maximum Gasteiger partial charge on any atom is 1.00 e. The van der Waals surface area contributed by atoms with Crippen LogP contribution < -0.4 is 58.2 Å². The van der Waals surface area contributed by atoms with Crippen LogP contribution >= 0.6 is 0 Å². The molecule has 0 saturated heterocycles. The fourth-order valence-electron chi connectivity index (χ4n) is 1.47. The number of hydrogen-bond acceptors (Lipinski definition) is 0. The molecule has 0 aromatic rings. The van der Waals surface area contributed by atoms with E-state index < -0.39 is 0 Å². The summed E-state index contributed by atoms with van der Waals surface area (Å²) in [6.07, 6.45) is 9.68. The van der Waals surface area contributed by atoms with E-state index in [-0.39, 0.29) is 58.2 Å². The fraction of sp³-hybridized carbons (Fsp3) is 0.875. The zero-order chi connectivity index (χ0) is 5.82. The second kappa shape index (κ2) is 6.51. The molecule has 48 valence electrons. The van der Waals surface area contributed by atoms with Crippen molar-refractivity contribution in [1.29, 1.82) is 0 Å². The summed E-state index contributed by atoms with van der Waals surface area (Å²) in [5.74, 6) is 0.962. The largest absolute Gasteiger partial charge is 1.00 e. The first-order valence-electron chi connectivity index (χ1n) is 3.73. The Morgan fingerprint density at radius 3 is 2.00 bits per heavy atom. The molecule has 0 unspecified atom stereocenters. The van der Waals surface area contributed by atoms with Crippen LogP contribution in [0, 0.1) is 12.3 Å². The first kappa shape index (κ1) is 10.8. The average molecular weight is 197 g/mol. The molecule has 0 N–H and O–H groups in total. The van der Waals surface area contributed by atoms with Crippen LogP contribution in [0.3, 0.4) is 0 Å². The zero-order valence-corrected chi connectivity index (χ0v) is 11.6. The van der Waals surface area contributed by atoms with Crippen molar-refractivity contribution in [2.75, 3.05) is 0 Å². The minimum Gasteiger partial charge on any atom is -0.328 e. The van der Waals surface area contributed by atoms with E-state index in [9.17, 15) is 0 Å². The predicted octanol–water partition coefficient (Wildman–Crippen LogP) is -0.205. The molecule has 9 heavy (non-hydrogen) atoms. The third-order valence-electron chi connectivity index (χ3n) is 2.12. The van der Waals surface area contributed by atoms with Crippen LogP contribution in [0.4, 0.5) is 0 Å². The van der Waals surface area contributed by atoms with Gasteiger partial charge in [0.05, 0.1) is 0 Å². The van der Waals surface area contributed by atoms with Crippen molar-refractivity contribution in [3.05, 3.63) is 6.42 Å². The van der Waals surface area contributed by atoms with Crippen molar-refractivity contribution in [2.45, 2.75) is 39.0 Å². The molecule has 1 heteroatoms. The van der Waals surface area contributed by atoms with Gasteiger partial charge in [-0.25, -0.2) is 0 Å². The van der Waals surface area contributed by atoms with Gasteiger partial charge < -0.3 is 6.42 Å². The summed E-state index contributed by atoms with van der Waals surface area (Å²) in [5.41, 5.74) is 0. The molecule has 0 aromatic carbocycles. The van der Waals surface area contributed by atoms with Gasteiger partial charge in [-0.1, -0.05) is 32.1 Å². The molecule has 0 heterocycles. The topological polar surface area (TPSA) is 0 Å². The molecule has 0 aliphatic heterocycles. The molecule has 0 bridgehead atoms. The molecule has 0 atom stereocenters. The van der Waals surface area contributed by atoms with E-state index in [1.807, 2.05) is 0 Å². The molecule has 0 spiro atoms. The van der Waals surface area contributed by atoms with Gasteiger partial charge in [-0.15, -0.1) is 0 Å². The Morgan fingerprint density at radius 1 is 1.11 bits per heavy atom. The first-order chi connectivity index (χ1) is 3.93. The minimum absolute atomic E-state index is 0. The van der Waals surface area contributed by atoms with E-state index in [4.69, 9.17) is 0 Å². The van der Waals surface area contributed by atoms with Crippen LogP contribution in [0.2, 0.25) is 0 Å². The van der Waals surface area contributed by atoms with E-state index in [1.54, 1.807) is 0 Å². The van der Waals surface area contributed by atoms with Gasteiger partial charge in [-0.05, 0) is 0 Å². The summed E-state index contributed by atoms with van der Waals surface area (Å²) >= 11 is 0. The molecular formula is C8H15Rb. The smallest absolute Gasteiger partial charge is 0.328 e. The van der Waals surface area contributed by atoms with Gasteiger partial charge in [0.1, 0.15) is 0 Å². The minimum atomic E-state index is 0. The SMILES string of the molecule is C[CH-]C1CCCCC1.[Rb+]. The summed E-state index contributed by atoms with van der Waals surface area (Å²) in [6, 6.07) is 0. The molecule has 0 aromatic heterocycles. The van der Waals surface area contributed by atoms with E-state index in [0.717, 1.165) is 5.92 Å². The quantitative estimate of drug-likeness (QED) is 0.510. The zero-order valence-electron chi connectivity index (χ0n) is 6.69. The van der Waals surface area contributed by atoms with Crippen LogP contribution in [-0.4, -0.2) is 0 Å². The van der Waals surface area contributed by atoms with E-state index >= 15 is 0 Å². The number of hydrogen-bond donors (Lipinski definition) is 0. The third kappa shape index (κ3) is 4.29. The van der Waals surface area contributed by atoms with Gasteiger partial charge in [-0.3, -0.25) is 0 Å². The maximum absolute atomic E-state index is 2.36. The Kier molecular flexibility index (Phi) is 7.82. The van der Waals surface area contributed by atoms with Gasteiger partial charge in [0.2, 0.25) is 0 Å². The van der Waals surface area contributed by atoms with Crippen LogP contribution in [0.25, 0.3) is 0 Å². The van der Waals surface area contributed by atoms with Crippen molar-refractivity contribution >= 4 is 0 Å². The molecule has 0 nitrogen and oxygen atoms in total. The van der Waals surface area contributed by atoms with E-state index in [1.165, 1.54) is 32.1 Å². The summed E-state index contributed by atoms with van der Waals surface area (Å²) in [6.45, 7) is 2.19. The Hall–Kier alpha value is 1.81. The van der Waals surface area contributed by atoms with Crippen LogP contribution in [0.1, 0.15) is 39.0 Å². The molecule has 0 amide bonds. The second-order valence-electron chi connectivity index (χ2n) is 2.73. The van der Waals surface area contributed by atoms with Crippen LogP contribution in [0.5, 0.6) is 0 Å². The van der Waals surface area contributed by atoms with Crippen molar-refractivity contribution in [2.24, 2.45) is 5.92 Å². The predicted molar refractivity (Wildman–Crippen MR) is 36.5 cm³/mol. The molecule has 1 aliphatic rings.